The number of hydrogen-bond acceptors (Lipinski definition) is 2. The molecule has 0 spiro atoms. The Labute approximate surface area is 165 Å². The van der Waals surface area contributed by atoms with Gasteiger partial charge in [-0.25, -0.2) is 0 Å². The third kappa shape index (κ3) is 7.27. The van der Waals surface area contributed by atoms with Gasteiger partial charge in [-0.3, -0.25) is 9.79 Å². The topological polar surface area (TPSA) is 65.5 Å². The van der Waals surface area contributed by atoms with Gasteiger partial charge in [-0.2, -0.15) is 0 Å². The Balaban J connectivity index is 0.00000312. The van der Waals surface area contributed by atoms with Crippen molar-refractivity contribution in [3.63, 3.8) is 0 Å². The summed E-state index contributed by atoms with van der Waals surface area (Å²) in [5.74, 6) is 2.92. The molecule has 130 valence electrons. The number of halogens is 1. The lowest BCUT2D eigenvalue weighted by Crippen LogP contribution is -2.41. The highest BCUT2D eigenvalue weighted by Gasteiger charge is 2.04. The van der Waals surface area contributed by atoms with Crippen LogP contribution in [0.25, 0.3) is 0 Å². The predicted octanol–water partition coefficient (Wildman–Crippen LogP) is 2.59. The second-order valence-corrected chi connectivity index (χ2v) is 5.04. The van der Waals surface area contributed by atoms with Crippen molar-refractivity contribution in [2.45, 2.75) is 6.54 Å². The number of nitrogens with zero attached hydrogens (tertiary/aromatic N) is 1. The number of carbonyl (C=O) groups is 1. The summed E-state index contributed by atoms with van der Waals surface area (Å²) in [6.45, 7) is 0.737. The Hall–Kier alpha value is -2.53. The minimum Gasteiger partial charge on any atom is -0.352 e. The molecule has 0 aliphatic heterocycles. The summed E-state index contributed by atoms with van der Waals surface area (Å²) < 4.78 is 0. The fraction of sp³-hybridized carbons (Fsp3) is 0.158. The van der Waals surface area contributed by atoms with Crippen LogP contribution in [0.3, 0.4) is 0 Å². The number of benzene rings is 2. The molecule has 2 rings (SSSR count). The van der Waals surface area contributed by atoms with Crippen molar-refractivity contribution in [2.24, 2.45) is 4.99 Å². The zero-order chi connectivity index (χ0) is 17.2. The van der Waals surface area contributed by atoms with Crippen LogP contribution < -0.4 is 16.0 Å². The van der Waals surface area contributed by atoms with Crippen LogP contribution >= 0.6 is 24.0 Å². The highest BCUT2D eigenvalue weighted by atomic mass is 127. The lowest BCUT2D eigenvalue weighted by Gasteiger charge is -2.12. The summed E-state index contributed by atoms with van der Waals surface area (Å²) in [6.07, 6.45) is 5.35. The number of hydrogen-bond donors (Lipinski definition) is 3. The summed E-state index contributed by atoms with van der Waals surface area (Å²) in [6, 6.07) is 17.1. The maximum Gasteiger partial charge on any atom is 0.243 e. The SMILES string of the molecule is C#Cc1cccc(NC(=O)CNC(=NC)NCc2ccccc2)c1.I. The molecule has 0 saturated carbocycles. The normalized spacial score (nSPS) is 10.2. The smallest absolute Gasteiger partial charge is 0.243 e. The first kappa shape index (κ1) is 20.5. The van der Waals surface area contributed by atoms with E-state index in [1.807, 2.05) is 36.4 Å². The number of rotatable bonds is 5. The first-order chi connectivity index (χ1) is 11.7. The lowest BCUT2D eigenvalue weighted by atomic mass is 10.2. The van der Waals surface area contributed by atoms with E-state index < -0.39 is 0 Å². The minimum absolute atomic E-state index is 0. The summed E-state index contributed by atoms with van der Waals surface area (Å²) >= 11 is 0. The summed E-state index contributed by atoms with van der Waals surface area (Å²) in [5, 5.41) is 8.92. The minimum atomic E-state index is -0.174. The number of terminal acetylenes is 1. The number of anilines is 1. The lowest BCUT2D eigenvalue weighted by molar-refractivity contribution is -0.115. The molecule has 1 amide bonds. The standard InChI is InChI=1S/C19H20N4O.HI/c1-3-15-10-7-11-17(12-15)23-18(24)14-22-19(20-2)21-13-16-8-5-4-6-9-16;/h1,4-12H,13-14H2,2H3,(H,23,24)(H2,20,21,22);1H. The molecular weight excluding hydrogens is 427 g/mol. The zero-order valence-corrected chi connectivity index (χ0v) is 16.3. The van der Waals surface area contributed by atoms with Crippen LogP contribution in [0.1, 0.15) is 11.1 Å². The van der Waals surface area contributed by atoms with Gasteiger partial charge in [-0.1, -0.05) is 42.3 Å². The molecule has 0 saturated heterocycles. The van der Waals surface area contributed by atoms with E-state index in [4.69, 9.17) is 6.42 Å². The second-order valence-electron chi connectivity index (χ2n) is 5.04. The fourth-order valence-electron chi connectivity index (χ4n) is 2.06. The third-order valence-electron chi connectivity index (χ3n) is 3.26. The fourth-order valence-corrected chi connectivity index (χ4v) is 2.06. The van der Waals surface area contributed by atoms with E-state index in [1.54, 1.807) is 25.2 Å². The second kappa shape index (κ2) is 11.1. The number of amides is 1. The van der Waals surface area contributed by atoms with Gasteiger partial charge in [0.2, 0.25) is 5.91 Å². The van der Waals surface area contributed by atoms with Crippen LogP contribution in [-0.4, -0.2) is 25.5 Å². The molecule has 5 nitrogen and oxygen atoms in total. The predicted molar refractivity (Wildman–Crippen MR) is 113 cm³/mol. The van der Waals surface area contributed by atoms with Crippen LogP contribution in [0, 0.1) is 12.3 Å². The largest absolute Gasteiger partial charge is 0.352 e. The van der Waals surface area contributed by atoms with Gasteiger partial charge in [0.1, 0.15) is 0 Å². The summed E-state index contributed by atoms with van der Waals surface area (Å²) in [5.41, 5.74) is 2.53. The summed E-state index contributed by atoms with van der Waals surface area (Å²) in [7, 11) is 1.66. The molecule has 0 heterocycles. The molecule has 0 unspecified atom stereocenters. The Morgan fingerprint density at radius 1 is 1.12 bits per heavy atom. The highest BCUT2D eigenvalue weighted by molar-refractivity contribution is 14.0. The first-order valence-electron chi connectivity index (χ1n) is 7.56. The molecule has 3 N–H and O–H groups in total. The van der Waals surface area contributed by atoms with E-state index in [0.29, 0.717) is 18.2 Å². The van der Waals surface area contributed by atoms with Crippen molar-refractivity contribution in [2.75, 3.05) is 18.9 Å². The molecule has 0 bridgehead atoms. The molecule has 25 heavy (non-hydrogen) atoms. The monoisotopic (exact) mass is 448 g/mol. The Kier molecular flexibility index (Phi) is 9.11. The average molecular weight is 448 g/mol. The molecule has 0 aliphatic rings. The highest BCUT2D eigenvalue weighted by Crippen LogP contribution is 2.09. The van der Waals surface area contributed by atoms with E-state index in [0.717, 1.165) is 11.1 Å². The Morgan fingerprint density at radius 3 is 2.56 bits per heavy atom. The number of carbonyl (C=O) groups excluding carboxylic acids is 1. The first-order valence-corrected chi connectivity index (χ1v) is 7.56. The van der Waals surface area contributed by atoms with Gasteiger partial charge in [0.05, 0.1) is 6.54 Å². The number of guanidine groups is 1. The van der Waals surface area contributed by atoms with E-state index in [9.17, 15) is 4.79 Å². The molecule has 0 atom stereocenters. The van der Waals surface area contributed by atoms with Gasteiger partial charge in [0, 0.05) is 24.8 Å². The van der Waals surface area contributed by atoms with E-state index >= 15 is 0 Å². The van der Waals surface area contributed by atoms with E-state index in [-0.39, 0.29) is 36.4 Å². The zero-order valence-electron chi connectivity index (χ0n) is 14.0. The van der Waals surface area contributed by atoms with Gasteiger partial charge >= 0.3 is 0 Å². The van der Waals surface area contributed by atoms with Crippen molar-refractivity contribution < 1.29 is 4.79 Å². The molecule has 6 heteroatoms. The van der Waals surface area contributed by atoms with Crippen LogP contribution in [0.15, 0.2) is 59.6 Å². The molecule has 0 radical (unpaired) electrons. The van der Waals surface area contributed by atoms with Crippen molar-refractivity contribution in [1.82, 2.24) is 10.6 Å². The van der Waals surface area contributed by atoms with E-state index in [1.165, 1.54) is 0 Å². The van der Waals surface area contributed by atoms with Crippen molar-refractivity contribution in [1.29, 1.82) is 0 Å². The van der Waals surface area contributed by atoms with Crippen LogP contribution in [0.4, 0.5) is 5.69 Å². The Bertz CT molecular complexity index is 754. The maximum absolute atomic E-state index is 12.0. The van der Waals surface area contributed by atoms with Gasteiger partial charge in [-0.15, -0.1) is 30.4 Å². The molecular formula is C19H21IN4O. The van der Waals surface area contributed by atoms with Gasteiger partial charge < -0.3 is 16.0 Å². The molecule has 0 aliphatic carbocycles. The third-order valence-corrected chi connectivity index (χ3v) is 3.26. The molecule has 0 aromatic heterocycles. The molecule has 0 fully saturated rings. The quantitative estimate of drug-likeness (QED) is 0.285. The van der Waals surface area contributed by atoms with Gasteiger partial charge in [0.15, 0.2) is 5.96 Å². The maximum atomic E-state index is 12.0. The van der Waals surface area contributed by atoms with Gasteiger partial charge in [0.25, 0.3) is 0 Å². The number of nitrogens with one attached hydrogen (secondary N) is 3. The average Bonchev–Trinajstić information content (AvgIpc) is 2.63. The molecule has 2 aromatic rings. The van der Waals surface area contributed by atoms with Crippen LogP contribution in [0.5, 0.6) is 0 Å². The van der Waals surface area contributed by atoms with Crippen LogP contribution in [0.2, 0.25) is 0 Å². The van der Waals surface area contributed by atoms with E-state index in [2.05, 4.69) is 26.9 Å². The van der Waals surface area contributed by atoms with Crippen molar-refractivity contribution in [3.05, 3.63) is 65.7 Å². The molecule has 2 aromatic carbocycles. The van der Waals surface area contributed by atoms with Crippen molar-refractivity contribution in [3.8, 4) is 12.3 Å². The van der Waals surface area contributed by atoms with Gasteiger partial charge in [-0.05, 0) is 23.8 Å². The van der Waals surface area contributed by atoms with Crippen LogP contribution in [-0.2, 0) is 11.3 Å². The van der Waals surface area contributed by atoms with Crippen molar-refractivity contribution >= 4 is 41.5 Å². The summed E-state index contributed by atoms with van der Waals surface area (Å²) in [4.78, 5) is 16.1. The Morgan fingerprint density at radius 2 is 1.88 bits per heavy atom. The number of aliphatic imine (C=N–C) groups is 1.